The number of nitrogens with one attached hydrogen (secondary N) is 3. The van der Waals surface area contributed by atoms with E-state index in [9.17, 15) is 9.59 Å². The van der Waals surface area contributed by atoms with E-state index in [1.54, 1.807) is 6.92 Å². The van der Waals surface area contributed by atoms with Crippen molar-refractivity contribution in [1.29, 1.82) is 0 Å². The third kappa shape index (κ3) is 4.50. The van der Waals surface area contributed by atoms with Crippen molar-refractivity contribution in [2.75, 3.05) is 5.32 Å². The molecule has 3 N–H and O–H groups in total. The van der Waals surface area contributed by atoms with Gasteiger partial charge in [0.05, 0.1) is 0 Å². The molecule has 5 heteroatoms. The first-order valence-electron chi connectivity index (χ1n) is 8.99. The van der Waals surface area contributed by atoms with Gasteiger partial charge < -0.3 is 10.6 Å². The normalized spacial score (nSPS) is 16.2. The molecule has 3 rings (SSSR count). The Balaban J connectivity index is 1.57. The lowest BCUT2D eigenvalue weighted by Crippen LogP contribution is -2.49. The van der Waals surface area contributed by atoms with Crippen LogP contribution in [0, 0.1) is 0 Å². The molecule has 5 nitrogen and oxygen atoms in total. The average molecular weight is 339 g/mol. The first kappa shape index (κ1) is 17.3. The number of carbonyl (C=O) groups is 2. The summed E-state index contributed by atoms with van der Waals surface area (Å²) in [6.45, 7) is 1.75. The van der Waals surface area contributed by atoms with Crippen molar-refractivity contribution in [2.45, 2.75) is 51.1 Å². The number of urea groups is 1. The Kier molecular flexibility index (Phi) is 5.53. The van der Waals surface area contributed by atoms with E-state index in [1.807, 2.05) is 42.5 Å². The second-order valence-electron chi connectivity index (χ2n) is 6.69. The number of carbonyl (C=O) groups excluding carboxylic acids is 2. The Labute approximate surface area is 148 Å². The molecule has 0 heterocycles. The fourth-order valence-electron chi connectivity index (χ4n) is 3.34. The fraction of sp³-hybridized carbons (Fsp3) is 0.400. The molecule has 25 heavy (non-hydrogen) atoms. The smallest absolute Gasteiger partial charge is 0.321 e. The van der Waals surface area contributed by atoms with Gasteiger partial charge >= 0.3 is 6.03 Å². The van der Waals surface area contributed by atoms with E-state index in [-0.39, 0.29) is 11.9 Å². The van der Waals surface area contributed by atoms with Gasteiger partial charge in [0.1, 0.15) is 6.04 Å². The molecule has 3 amide bonds. The highest BCUT2D eigenvalue weighted by Gasteiger charge is 2.20. The SMILES string of the molecule is C[C@@H](Nc1cccc2ccccc12)C(=O)NC(=O)NC1CCCCC1. The van der Waals surface area contributed by atoms with Gasteiger partial charge in [0.25, 0.3) is 0 Å². The lowest BCUT2D eigenvalue weighted by molar-refractivity contribution is -0.120. The molecular formula is C20H25N3O2. The van der Waals surface area contributed by atoms with E-state index < -0.39 is 12.1 Å². The summed E-state index contributed by atoms with van der Waals surface area (Å²) in [7, 11) is 0. The summed E-state index contributed by atoms with van der Waals surface area (Å²) < 4.78 is 0. The molecule has 0 bridgehead atoms. The number of anilines is 1. The number of imide groups is 1. The van der Waals surface area contributed by atoms with Gasteiger partial charge in [-0.15, -0.1) is 0 Å². The van der Waals surface area contributed by atoms with Gasteiger partial charge in [-0.3, -0.25) is 10.1 Å². The monoisotopic (exact) mass is 339 g/mol. The highest BCUT2D eigenvalue weighted by atomic mass is 16.2. The standard InChI is InChI=1S/C20H25N3O2/c1-14(19(24)23-20(25)22-16-10-3-2-4-11-16)21-18-13-7-9-15-8-5-6-12-17(15)18/h5-9,12-14,16,21H,2-4,10-11H2,1H3,(H2,22,23,24,25)/t14-/m1/s1. The highest BCUT2D eigenvalue weighted by Crippen LogP contribution is 2.23. The number of benzene rings is 2. The van der Waals surface area contributed by atoms with Gasteiger partial charge in [0, 0.05) is 17.1 Å². The molecule has 0 unspecified atom stereocenters. The van der Waals surface area contributed by atoms with E-state index in [0.29, 0.717) is 0 Å². The third-order valence-electron chi connectivity index (χ3n) is 4.73. The lowest BCUT2D eigenvalue weighted by atomic mass is 9.96. The zero-order valence-electron chi connectivity index (χ0n) is 14.5. The molecule has 0 spiro atoms. The minimum Gasteiger partial charge on any atom is -0.373 e. The Morgan fingerprint density at radius 3 is 2.52 bits per heavy atom. The fourth-order valence-corrected chi connectivity index (χ4v) is 3.34. The zero-order chi connectivity index (χ0) is 17.6. The van der Waals surface area contributed by atoms with E-state index in [1.165, 1.54) is 6.42 Å². The predicted molar refractivity (Wildman–Crippen MR) is 101 cm³/mol. The second-order valence-corrected chi connectivity index (χ2v) is 6.69. The molecule has 2 aromatic carbocycles. The summed E-state index contributed by atoms with van der Waals surface area (Å²) in [6, 6.07) is 13.2. The van der Waals surface area contributed by atoms with Gasteiger partial charge in [-0.2, -0.15) is 0 Å². The number of rotatable bonds is 4. The minimum absolute atomic E-state index is 0.183. The molecule has 0 radical (unpaired) electrons. The number of amides is 3. The van der Waals surface area contributed by atoms with Crippen LogP contribution in [0.25, 0.3) is 10.8 Å². The minimum atomic E-state index is -0.511. The van der Waals surface area contributed by atoms with E-state index in [2.05, 4.69) is 16.0 Å². The summed E-state index contributed by atoms with van der Waals surface area (Å²) >= 11 is 0. The second kappa shape index (κ2) is 8.01. The molecule has 0 aromatic heterocycles. The summed E-state index contributed by atoms with van der Waals surface area (Å²) in [5, 5.41) is 10.7. The lowest BCUT2D eigenvalue weighted by Gasteiger charge is -2.23. The number of fused-ring (bicyclic) bond motifs is 1. The van der Waals surface area contributed by atoms with E-state index >= 15 is 0 Å². The van der Waals surface area contributed by atoms with Crippen LogP contribution in [0.4, 0.5) is 10.5 Å². The first-order valence-corrected chi connectivity index (χ1v) is 8.99. The molecule has 132 valence electrons. The van der Waals surface area contributed by atoms with Crippen molar-refractivity contribution in [3.8, 4) is 0 Å². The van der Waals surface area contributed by atoms with Crippen LogP contribution in [-0.2, 0) is 4.79 Å². The summed E-state index contributed by atoms with van der Waals surface area (Å²) in [4.78, 5) is 24.3. The predicted octanol–water partition coefficient (Wildman–Crippen LogP) is 3.80. The van der Waals surface area contributed by atoms with Gasteiger partial charge in [0.2, 0.25) is 5.91 Å². The maximum Gasteiger partial charge on any atom is 0.321 e. The van der Waals surface area contributed by atoms with E-state index in [4.69, 9.17) is 0 Å². The molecule has 1 saturated carbocycles. The zero-order valence-corrected chi connectivity index (χ0v) is 14.5. The molecule has 1 fully saturated rings. The van der Waals surface area contributed by atoms with Crippen LogP contribution in [0.5, 0.6) is 0 Å². The third-order valence-corrected chi connectivity index (χ3v) is 4.73. The molecule has 1 aliphatic carbocycles. The van der Waals surface area contributed by atoms with Crippen LogP contribution < -0.4 is 16.0 Å². The van der Waals surface area contributed by atoms with Gasteiger partial charge in [-0.25, -0.2) is 4.79 Å². The highest BCUT2D eigenvalue weighted by molar-refractivity contribution is 6.00. The first-order chi connectivity index (χ1) is 12.1. The van der Waals surface area contributed by atoms with E-state index in [0.717, 1.165) is 42.1 Å². The average Bonchev–Trinajstić information content (AvgIpc) is 2.62. The van der Waals surface area contributed by atoms with Crippen molar-refractivity contribution in [2.24, 2.45) is 0 Å². The van der Waals surface area contributed by atoms with Crippen LogP contribution in [-0.4, -0.2) is 24.0 Å². The van der Waals surface area contributed by atoms with Crippen molar-refractivity contribution in [1.82, 2.24) is 10.6 Å². The molecule has 1 atom stereocenters. The van der Waals surface area contributed by atoms with Gasteiger partial charge in [-0.05, 0) is 31.2 Å². The Hall–Kier alpha value is -2.56. The molecular weight excluding hydrogens is 314 g/mol. The molecule has 1 aliphatic rings. The van der Waals surface area contributed by atoms with Crippen molar-refractivity contribution in [3.05, 3.63) is 42.5 Å². The van der Waals surface area contributed by atoms with Crippen LogP contribution in [0.3, 0.4) is 0 Å². The van der Waals surface area contributed by atoms with Crippen LogP contribution >= 0.6 is 0 Å². The number of hydrogen-bond donors (Lipinski definition) is 3. The Bertz CT molecular complexity index is 748. The Morgan fingerprint density at radius 2 is 1.72 bits per heavy atom. The quantitative estimate of drug-likeness (QED) is 0.793. The van der Waals surface area contributed by atoms with Crippen LogP contribution in [0.15, 0.2) is 42.5 Å². The summed E-state index contributed by atoms with van der Waals surface area (Å²) in [5.41, 5.74) is 0.883. The largest absolute Gasteiger partial charge is 0.373 e. The molecule has 2 aromatic rings. The summed E-state index contributed by atoms with van der Waals surface area (Å²) in [6.07, 6.45) is 5.48. The van der Waals surface area contributed by atoms with Gasteiger partial charge in [0.15, 0.2) is 0 Å². The summed E-state index contributed by atoms with van der Waals surface area (Å²) in [5.74, 6) is -0.332. The topological polar surface area (TPSA) is 70.2 Å². The van der Waals surface area contributed by atoms with Crippen LogP contribution in [0.1, 0.15) is 39.0 Å². The Morgan fingerprint density at radius 1 is 1.00 bits per heavy atom. The van der Waals surface area contributed by atoms with Gasteiger partial charge in [-0.1, -0.05) is 55.7 Å². The van der Waals surface area contributed by atoms with Crippen molar-refractivity contribution < 1.29 is 9.59 Å². The molecule has 0 saturated heterocycles. The van der Waals surface area contributed by atoms with Crippen molar-refractivity contribution >= 4 is 28.4 Å². The maximum absolute atomic E-state index is 12.3. The van der Waals surface area contributed by atoms with Crippen LogP contribution in [0.2, 0.25) is 0 Å². The maximum atomic E-state index is 12.3. The van der Waals surface area contributed by atoms with Crippen molar-refractivity contribution in [3.63, 3.8) is 0 Å². The number of hydrogen-bond acceptors (Lipinski definition) is 3. The molecule has 0 aliphatic heterocycles.